The predicted molar refractivity (Wildman–Crippen MR) is 87.1 cm³/mol. The van der Waals surface area contributed by atoms with Gasteiger partial charge in [0.05, 0.1) is 0 Å². The fourth-order valence-corrected chi connectivity index (χ4v) is 3.25. The van der Waals surface area contributed by atoms with Crippen LogP contribution in [0.15, 0.2) is 18.2 Å². The van der Waals surface area contributed by atoms with Crippen LogP contribution in [0.2, 0.25) is 0 Å². The molecule has 0 saturated carbocycles. The molecule has 1 aromatic rings. The molecule has 0 spiro atoms. The van der Waals surface area contributed by atoms with E-state index in [0.717, 1.165) is 19.1 Å². The zero-order chi connectivity index (χ0) is 14.4. The Hall–Kier alpha value is -0.860. The molecule has 2 nitrogen and oxygen atoms in total. The summed E-state index contributed by atoms with van der Waals surface area (Å²) in [6.07, 6.45) is 6.80. The van der Waals surface area contributed by atoms with Crippen LogP contribution >= 0.6 is 0 Å². The molecule has 0 aliphatic carbocycles. The van der Waals surface area contributed by atoms with Gasteiger partial charge in [-0.15, -0.1) is 0 Å². The number of aryl methyl sites for hydroxylation is 2. The van der Waals surface area contributed by atoms with E-state index in [2.05, 4.69) is 42.3 Å². The molecule has 1 aromatic carbocycles. The molecule has 0 radical (unpaired) electrons. The van der Waals surface area contributed by atoms with Gasteiger partial charge in [0.25, 0.3) is 0 Å². The number of nitrogens with zero attached hydrogens (tertiary/aromatic N) is 1. The van der Waals surface area contributed by atoms with Gasteiger partial charge in [-0.2, -0.15) is 0 Å². The van der Waals surface area contributed by atoms with E-state index in [1.165, 1.54) is 55.3 Å². The lowest BCUT2D eigenvalue weighted by Gasteiger charge is -2.36. The highest BCUT2D eigenvalue weighted by Crippen LogP contribution is 2.23. The van der Waals surface area contributed by atoms with Crippen LogP contribution in [0.25, 0.3) is 0 Å². The van der Waals surface area contributed by atoms with Crippen LogP contribution in [0.1, 0.15) is 48.8 Å². The van der Waals surface area contributed by atoms with Gasteiger partial charge in [-0.3, -0.25) is 4.90 Å². The first-order valence-corrected chi connectivity index (χ1v) is 8.15. The van der Waals surface area contributed by atoms with Crippen molar-refractivity contribution in [1.29, 1.82) is 0 Å². The van der Waals surface area contributed by atoms with Crippen LogP contribution < -0.4 is 5.32 Å². The third kappa shape index (κ3) is 4.32. The maximum atomic E-state index is 3.27. The summed E-state index contributed by atoms with van der Waals surface area (Å²) < 4.78 is 0. The van der Waals surface area contributed by atoms with Gasteiger partial charge in [-0.25, -0.2) is 0 Å². The molecule has 0 amide bonds. The molecule has 2 rings (SSSR count). The molecular weight excluding hydrogens is 244 g/mol. The van der Waals surface area contributed by atoms with Gasteiger partial charge in [-0.05, 0) is 76.4 Å². The summed E-state index contributed by atoms with van der Waals surface area (Å²) in [5.41, 5.74) is 4.30. The molecule has 1 N–H and O–H groups in total. The highest BCUT2D eigenvalue weighted by Gasteiger charge is 2.21. The topological polar surface area (TPSA) is 15.3 Å². The summed E-state index contributed by atoms with van der Waals surface area (Å²) in [7, 11) is 2.05. The molecule has 1 heterocycles. The normalized spacial score (nSPS) is 20.2. The van der Waals surface area contributed by atoms with Gasteiger partial charge >= 0.3 is 0 Å². The summed E-state index contributed by atoms with van der Waals surface area (Å²) in [5.74, 6) is 0. The van der Waals surface area contributed by atoms with Crippen LogP contribution in [0, 0.1) is 13.8 Å². The van der Waals surface area contributed by atoms with Crippen LogP contribution in [0.3, 0.4) is 0 Å². The van der Waals surface area contributed by atoms with Crippen LogP contribution in [-0.2, 0) is 6.54 Å². The minimum Gasteiger partial charge on any atom is -0.320 e. The first kappa shape index (κ1) is 15.5. The number of nitrogens with one attached hydrogen (secondary N) is 1. The van der Waals surface area contributed by atoms with Crippen molar-refractivity contribution in [3.05, 3.63) is 34.9 Å². The Morgan fingerprint density at radius 2 is 2.05 bits per heavy atom. The largest absolute Gasteiger partial charge is 0.320 e. The first-order valence-electron chi connectivity index (χ1n) is 8.15. The molecule has 112 valence electrons. The van der Waals surface area contributed by atoms with E-state index in [9.17, 15) is 0 Å². The Kier molecular flexibility index (Phi) is 6.06. The Labute approximate surface area is 124 Å². The molecule has 1 aliphatic heterocycles. The zero-order valence-corrected chi connectivity index (χ0v) is 13.4. The molecule has 1 aliphatic rings. The van der Waals surface area contributed by atoms with E-state index in [1.807, 2.05) is 7.05 Å². The average molecular weight is 274 g/mol. The molecule has 1 fully saturated rings. The standard InChI is InChI=1S/C18H30N2/c1-15-9-10-17(13-16(15)2)14-20-12-5-4-7-18(20)8-6-11-19-3/h9-10,13,18-19H,4-8,11-12,14H2,1-3H3. The van der Waals surface area contributed by atoms with E-state index in [1.54, 1.807) is 0 Å². The van der Waals surface area contributed by atoms with Gasteiger partial charge in [0.1, 0.15) is 0 Å². The monoisotopic (exact) mass is 274 g/mol. The second-order valence-corrected chi connectivity index (χ2v) is 6.28. The van der Waals surface area contributed by atoms with E-state index in [-0.39, 0.29) is 0 Å². The van der Waals surface area contributed by atoms with Gasteiger partial charge in [0.2, 0.25) is 0 Å². The van der Waals surface area contributed by atoms with Crippen LogP contribution in [0.4, 0.5) is 0 Å². The summed E-state index contributed by atoms with van der Waals surface area (Å²) >= 11 is 0. The Bertz CT molecular complexity index is 414. The maximum absolute atomic E-state index is 3.27. The van der Waals surface area contributed by atoms with E-state index >= 15 is 0 Å². The van der Waals surface area contributed by atoms with E-state index in [4.69, 9.17) is 0 Å². The molecule has 1 unspecified atom stereocenters. The summed E-state index contributed by atoms with van der Waals surface area (Å²) in [6.45, 7) is 7.97. The highest BCUT2D eigenvalue weighted by molar-refractivity contribution is 5.29. The van der Waals surface area contributed by atoms with E-state index in [0.29, 0.717) is 0 Å². The number of hydrogen-bond donors (Lipinski definition) is 1. The van der Waals surface area contributed by atoms with Gasteiger partial charge in [-0.1, -0.05) is 24.6 Å². The second-order valence-electron chi connectivity index (χ2n) is 6.28. The predicted octanol–water partition coefficient (Wildman–Crippen LogP) is 3.66. The number of likely N-dealkylation sites (tertiary alicyclic amines) is 1. The van der Waals surface area contributed by atoms with Crippen molar-refractivity contribution in [2.24, 2.45) is 0 Å². The van der Waals surface area contributed by atoms with Gasteiger partial charge in [0.15, 0.2) is 0 Å². The Balaban J connectivity index is 1.95. The van der Waals surface area contributed by atoms with Crippen molar-refractivity contribution >= 4 is 0 Å². The molecule has 1 atom stereocenters. The molecule has 1 saturated heterocycles. The number of piperidine rings is 1. The SMILES string of the molecule is CNCCCC1CCCCN1Cc1ccc(C)c(C)c1. The van der Waals surface area contributed by atoms with Gasteiger partial charge in [0, 0.05) is 12.6 Å². The lowest BCUT2D eigenvalue weighted by molar-refractivity contribution is 0.130. The number of rotatable bonds is 6. The fourth-order valence-electron chi connectivity index (χ4n) is 3.25. The fraction of sp³-hybridized carbons (Fsp3) is 0.667. The molecule has 2 heteroatoms. The van der Waals surface area contributed by atoms with Gasteiger partial charge < -0.3 is 5.32 Å². The molecule has 20 heavy (non-hydrogen) atoms. The maximum Gasteiger partial charge on any atom is 0.0236 e. The minimum absolute atomic E-state index is 0.790. The van der Waals surface area contributed by atoms with Crippen molar-refractivity contribution in [3.8, 4) is 0 Å². The smallest absolute Gasteiger partial charge is 0.0236 e. The Morgan fingerprint density at radius 3 is 2.80 bits per heavy atom. The van der Waals surface area contributed by atoms with Crippen LogP contribution in [0.5, 0.6) is 0 Å². The third-order valence-corrected chi connectivity index (χ3v) is 4.67. The quantitative estimate of drug-likeness (QED) is 0.796. The summed E-state index contributed by atoms with van der Waals surface area (Å²) in [6, 6.07) is 7.74. The van der Waals surface area contributed by atoms with Crippen molar-refractivity contribution in [2.75, 3.05) is 20.1 Å². The summed E-state index contributed by atoms with van der Waals surface area (Å²) in [4.78, 5) is 2.71. The highest BCUT2D eigenvalue weighted by atomic mass is 15.2. The summed E-state index contributed by atoms with van der Waals surface area (Å²) in [5, 5.41) is 3.27. The van der Waals surface area contributed by atoms with Crippen molar-refractivity contribution in [2.45, 2.75) is 58.5 Å². The Morgan fingerprint density at radius 1 is 1.20 bits per heavy atom. The molecule has 0 aromatic heterocycles. The van der Waals surface area contributed by atoms with Crippen molar-refractivity contribution < 1.29 is 0 Å². The number of benzene rings is 1. The lowest BCUT2D eigenvalue weighted by Crippen LogP contribution is -2.39. The third-order valence-electron chi connectivity index (χ3n) is 4.67. The molecular formula is C18H30N2. The number of hydrogen-bond acceptors (Lipinski definition) is 2. The zero-order valence-electron chi connectivity index (χ0n) is 13.4. The first-order chi connectivity index (χ1) is 9.70. The molecule has 0 bridgehead atoms. The lowest BCUT2D eigenvalue weighted by atomic mass is 9.96. The van der Waals surface area contributed by atoms with Crippen molar-refractivity contribution in [1.82, 2.24) is 10.2 Å². The minimum atomic E-state index is 0.790. The average Bonchev–Trinajstić information content (AvgIpc) is 2.45. The second kappa shape index (κ2) is 7.80. The van der Waals surface area contributed by atoms with Crippen molar-refractivity contribution in [3.63, 3.8) is 0 Å². The van der Waals surface area contributed by atoms with Crippen LogP contribution in [-0.4, -0.2) is 31.1 Å². The van der Waals surface area contributed by atoms with E-state index < -0.39 is 0 Å².